The lowest BCUT2D eigenvalue weighted by Gasteiger charge is -2.12. The molecule has 0 saturated heterocycles. The van der Waals surface area contributed by atoms with Gasteiger partial charge >= 0.3 is 0 Å². The Morgan fingerprint density at radius 2 is 1.87 bits per heavy atom. The Kier molecular flexibility index (Phi) is 5.17. The molecule has 2 N–H and O–H groups in total. The SMILES string of the molecule is CCc1ccccc1-c1cnn2ccc(Nc3ccc(C)c(NS(C)(=O)=O)c3)nc12. The third kappa shape index (κ3) is 4.13. The molecule has 2 heterocycles. The minimum atomic E-state index is -3.36. The number of benzene rings is 2. The number of hydrogen-bond acceptors (Lipinski definition) is 5. The fourth-order valence-electron chi connectivity index (χ4n) is 3.38. The van der Waals surface area contributed by atoms with Crippen molar-refractivity contribution < 1.29 is 8.42 Å². The van der Waals surface area contributed by atoms with Gasteiger partial charge in [0.2, 0.25) is 10.0 Å². The minimum Gasteiger partial charge on any atom is -0.340 e. The maximum absolute atomic E-state index is 11.6. The molecule has 0 aliphatic carbocycles. The van der Waals surface area contributed by atoms with E-state index in [4.69, 9.17) is 4.98 Å². The van der Waals surface area contributed by atoms with E-state index in [1.807, 2.05) is 49.6 Å². The van der Waals surface area contributed by atoms with Gasteiger partial charge in [0.05, 0.1) is 18.1 Å². The van der Waals surface area contributed by atoms with Crippen molar-refractivity contribution in [3.63, 3.8) is 0 Å². The summed E-state index contributed by atoms with van der Waals surface area (Å²) in [5, 5.41) is 7.69. The van der Waals surface area contributed by atoms with Gasteiger partial charge in [-0.05, 0) is 48.2 Å². The van der Waals surface area contributed by atoms with Gasteiger partial charge in [-0.3, -0.25) is 4.72 Å². The third-order valence-corrected chi connectivity index (χ3v) is 5.45. The van der Waals surface area contributed by atoms with E-state index in [2.05, 4.69) is 34.2 Å². The van der Waals surface area contributed by atoms with Crippen LogP contribution < -0.4 is 10.0 Å². The first kappa shape index (κ1) is 19.9. The first-order chi connectivity index (χ1) is 14.3. The maximum atomic E-state index is 11.6. The number of rotatable bonds is 6. The molecule has 8 heteroatoms. The number of aryl methyl sites for hydroxylation is 2. The van der Waals surface area contributed by atoms with Crippen LogP contribution in [-0.4, -0.2) is 29.3 Å². The highest BCUT2D eigenvalue weighted by atomic mass is 32.2. The van der Waals surface area contributed by atoms with E-state index in [0.717, 1.165) is 40.7 Å². The summed E-state index contributed by atoms with van der Waals surface area (Å²) >= 11 is 0. The Bertz CT molecular complexity index is 1330. The largest absolute Gasteiger partial charge is 0.340 e. The highest BCUT2D eigenvalue weighted by molar-refractivity contribution is 7.92. The standard InChI is InChI=1S/C22H23N5O2S/c1-4-16-7-5-6-8-18(16)19-14-23-27-12-11-21(25-22(19)27)24-17-10-9-15(2)20(13-17)26-30(3,28)29/h5-14,26H,4H2,1-3H3,(H,24,25). The fourth-order valence-corrected chi connectivity index (χ4v) is 4.00. The van der Waals surface area contributed by atoms with Crippen molar-refractivity contribution in [3.8, 4) is 11.1 Å². The van der Waals surface area contributed by atoms with Gasteiger partial charge in [-0.25, -0.2) is 17.9 Å². The van der Waals surface area contributed by atoms with E-state index in [0.29, 0.717) is 11.5 Å². The molecule has 0 atom stereocenters. The molecule has 0 fully saturated rings. The molecule has 2 aromatic carbocycles. The number of sulfonamides is 1. The molecule has 0 aliphatic heterocycles. The van der Waals surface area contributed by atoms with Crippen LogP contribution in [-0.2, 0) is 16.4 Å². The van der Waals surface area contributed by atoms with Crippen molar-refractivity contribution >= 4 is 32.9 Å². The number of anilines is 3. The molecule has 0 radical (unpaired) electrons. The Labute approximate surface area is 175 Å². The Balaban J connectivity index is 1.71. The summed E-state index contributed by atoms with van der Waals surface area (Å²) in [7, 11) is -3.36. The highest BCUT2D eigenvalue weighted by Gasteiger charge is 2.12. The quantitative estimate of drug-likeness (QED) is 0.482. The molecule has 0 saturated carbocycles. The second kappa shape index (κ2) is 7.79. The zero-order chi connectivity index (χ0) is 21.3. The highest BCUT2D eigenvalue weighted by Crippen LogP contribution is 2.29. The van der Waals surface area contributed by atoms with E-state index in [9.17, 15) is 8.42 Å². The summed E-state index contributed by atoms with van der Waals surface area (Å²) in [6.45, 7) is 3.98. The summed E-state index contributed by atoms with van der Waals surface area (Å²) < 4.78 is 27.5. The Morgan fingerprint density at radius 1 is 1.07 bits per heavy atom. The smallest absolute Gasteiger partial charge is 0.229 e. The third-order valence-electron chi connectivity index (χ3n) is 4.86. The lowest BCUT2D eigenvalue weighted by molar-refractivity contribution is 0.607. The van der Waals surface area contributed by atoms with Gasteiger partial charge in [0.15, 0.2) is 5.65 Å². The number of hydrogen-bond donors (Lipinski definition) is 2. The molecule has 0 unspecified atom stereocenters. The summed E-state index contributed by atoms with van der Waals surface area (Å²) in [5.74, 6) is 0.646. The first-order valence-electron chi connectivity index (χ1n) is 9.62. The number of fused-ring (bicyclic) bond motifs is 1. The lowest BCUT2D eigenvalue weighted by Crippen LogP contribution is -2.10. The van der Waals surface area contributed by atoms with Crippen LogP contribution in [0.1, 0.15) is 18.1 Å². The number of nitrogens with zero attached hydrogens (tertiary/aromatic N) is 3. The van der Waals surface area contributed by atoms with Crippen LogP contribution in [0.3, 0.4) is 0 Å². The molecular weight excluding hydrogens is 398 g/mol. The average Bonchev–Trinajstić information content (AvgIpc) is 3.12. The summed E-state index contributed by atoms with van der Waals surface area (Å²) in [6.07, 6.45) is 5.75. The van der Waals surface area contributed by atoms with Crippen LogP contribution in [0.5, 0.6) is 0 Å². The van der Waals surface area contributed by atoms with Gasteiger partial charge in [-0.1, -0.05) is 37.3 Å². The van der Waals surface area contributed by atoms with E-state index in [1.165, 1.54) is 5.56 Å². The first-order valence-corrected chi connectivity index (χ1v) is 11.5. The van der Waals surface area contributed by atoms with Crippen molar-refractivity contribution in [2.45, 2.75) is 20.3 Å². The van der Waals surface area contributed by atoms with Gasteiger partial charge < -0.3 is 5.32 Å². The lowest BCUT2D eigenvalue weighted by atomic mass is 10.0. The van der Waals surface area contributed by atoms with E-state index >= 15 is 0 Å². The van der Waals surface area contributed by atoms with Crippen molar-refractivity contribution in [1.82, 2.24) is 14.6 Å². The molecule has 0 bridgehead atoms. The van der Waals surface area contributed by atoms with E-state index in [1.54, 1.807) is 10.6 Å². The molecule has 2 aromatic heterocycles. The molecule has 7 nitrogen and oxygen atoms in total. The van der Waals surface area contributed by atoms with Crippen LogP contribution in [0, 0.1) is 6.92 Å². The molecule has 154 valence electrons. The average molecular weight is 422 g/mol. The predicted molar refractivity (Wildman–Crippen MR) is 121 cm³/mol. The fraction of sp³-hybridized carbons (Fsp3) is 0.182. The monoisotopic (exact) mass is 421 g/mol. The van der Waals surface area contributed by atoms with Gasteiger partial charge in [0, 0.05) is 17.4 Å². The van der Waals surface area contributed by atoms with Crippen LogP contribution in [0.25, 0.3) is 16.8 Å². The maximum Gasteiger partial charge on any atom is 0.229 e. The van der Waals surface area contributed by atoms with Gasteiger partial charge in [-0.2, -0.15) is 5.10 Å². The number of aromatic nitrogens is 3. The Hall–Kier alpha value is -3.39. The molecule has 4 aromatic rings. The topological polar surface area (TPSA) is 88.4 Å². The molecule has 0 spiro atoms. The van der Waals surface area contributed by atoms with Crippen LogP contribution >= 0.6 is 0 Å². The summed E-state index contributed by atoms with van der Waals surface area (Å²) in [5.41, 5.74) is 6.19. The molecule has 30 heavy (non-hydrogen) atoms. The second-order valence-electron chi connectivity index (χ2n) is 7.18. The van der Waals surface area contributed by atoms with Gasteiger partial charge in [-0.15, -0.1) is 0 Å². The number of nitrogens with one attached hydrogen (secondary N) is 2. The molecule has 0 amide bonds. The van der Waals surface area contributed by atoms with Crippen molar-refractivity contribution in [2.75, 3.05) is 16.3 Å². The predicted octanol–water partition coefficient (Wildman–Crippen LogP) is 4.38. The molecule has 4 rings (SSSR count). The van der Waals surface area contributed by atoms with Crippen LogP contribution in [0.15, 0.2) is 60.9 Å². The Morgan fingerprint density at radius 3 is 2.63 bits per heavy atom. The van der Waals surface area contributed by atoms with E-state index < -0.39 is 10.0 Å². The zero-order valence-corrected chi connectivity index (χ0v) is 17.9. The second-order valence-corrected chi connectivity index (χ2v) is 8.93. The van der Waals surface area contributed by atoms with Gasteiger partial charge in [0.1, 0.15) is 5.82 Å². The molecular formula is C22H23N5O2S. The van der Waals surface area contributed by atoms with Crippen molar-refractivity contribution in [3.05, 3.63) is 72.1 Å². The normalized spacial score (nSPS) is 11.6. The minimum absolute atomic E-state index is 0.533. The van der Waals surface area contributed by atoms with E-state index in [-0.39, 0.29) is 0 Å². The summed E-state index contributed by atoms with van der Waals surface area (Å²) in [4.78, 5) is 4.76. The van der Waals surface area contributed by atoms with Crippen molar-refractivity contribution in [1.29, 1.82) is 0 Å². The van der Waals surface area contributed by atoms with Crippen LogP contribution in [0.4, 0.5) is 17.2 Å². The van der Waals surface area contributed by atoms with Crippen LogP contribution in [0.2, 0.25) is 0 Å². The van der Waals surface area contributed by atoms with Crippen molar-refractivity contribution in [2.24, 2.45) is 0 Å². The zero-order valence-electron chi connectivity index (χ0n) is 17.0. The van der Waals surface area contributed by atoms with Gasteiger partial charge in [0.25, 0.3) is 0 Å². The summed E-state index contributed by atoms with van der Waals surface area (Å²) in [6, 6.07) is 15.6. The molecule has 0 aliphatic rings.